The van der Waals surface area contributed by atoms with Gasteiger partial charge >= 0.3 is 0 Å². The molecule has 1 aliphatic heterocycles. The predicted molar refractivity (Wildman–Crippen MR) is 90.8 cm³/mol. The Kier molecular flexibility index (Phi) is 5.63. The van der Waals surface area contributed by atoms with Crippen LogP contribution >= 0.6 is 0 Å². The topological polar surface area (TPSA) is 29.5 Å². The van der Waals surface area contributed by atoms with Gasteiger partial charge in [-0.2, -0.15) is 0 Å². The van der Waals surface area contributed by atoms with Crippen LogP contribution in [0.1, 0.15) is 56.0 Å². The number of Topliss-reactive ketones (excluding diaryl/α,β-unsaturated/α-hetero) is 1. The summed E-state index contributed by atoms with van der Waals surface area (Å²) in [6.45, 7) is 11.4. The fraction of sp³-hybridized carbons (Fsp3) is 0.632. The van der Waals surface area contributed by atoms with Crippen molar-refractivity contribution in [1.29, 1.82) is 0 Å². The van der Waals surface area contributed by atoms with Gasteiger partial charge in [0.25, 0.3) is 0 Å². The van der Waals surface area contributed by atoms with Crippen LogP contribution in [-0.4, -0.2) is 37.4 Å². The molecule has 0 bridgehead atoms. The Bertz CT molecular complexity index is 514. The second-order valence-corrected chi connectivity index (χ2v) is 7.17. The van der Waals surface area contributed by atoms with Crippen LogP contribution in [0.4, 0.5) is 0 Å². The molecule has 1 heterocycles. The standard InChI is InChI=1S/C19H29NO2/c1-13(2)18-9-16(22-5)6-7-17(18)19(21)12-20-10-14(3)8-15(4)11-20/h6-7,9,13-15H,8,10-12H2,1-5H3. The maximum absolute atomic E-state index is 12.8. The van der Waals surface area contributed by atoms with Gasteiger partial charge in [-0.25, -0.2) is 0 Å². The molecular weight excluding hydrogens is 274 g/mol. The Balaban J connectivity index is 2.15. The van der Waals surface area contributed by atoms with Gasteiger partial charge in [0.2, 0.25) is 0 Å². The number of ether oxygens (including phenoxy) is 1. The number of rotatable bonds is 5. The largest absolute Gasteiger partial charge is 0.497 e. The van der Waals surface area contributed by atoms with Gasteiger partial charge in [-0.3, -0.25) is 9.69 Å². The number of carbonyl (C=O) groups excluding carboxylic acids is 1. The second-order valence-electron chi connectivity index (χ2n) is 7.17. The quantitative estimate of drug-likeness (QED) is 0.771. The van der Waals surface area contributed by atoms with Crippen molar-refractivity contribution in [2.24, 2.45) is 11.8 Å². The van der Waals surface area contributed by atoms with Crippen molar-refractivity contribution >= 4 is 5.78 Å². The highest BCUT2D eigenvalue weighted by Crippen LogP contribution is 2.26. The average molecular weight is 303 g/mol. The first kappa shape index (κ1) is 17.0. The molecule has 0 radical (unpaired) electrons. The SMILES string of the molecule is COc1ccc(C(=O)CN2CC(C)CC(C)C2)c(C(C)C)c1. The minimum Gasteiger partial charge on any atom is -0.497 e. The van der Waals surface area contributed by atoms with E-state index < -0.39 is 0 Å². The lowest BCUT2D eigenvalue weighted by Crippen LogP contribution is -2.41. The van der Waals surface area contributed by atoms with Crippen molar-refractivity contribution in [3.63, 3.8) is 0 Å². The Morgan fingerprint density at radius 1 is 1.27 bits per heavy atom. The fourth-order valence-electron chi connectivity index (χ4n) is 3.61. The van der Waals surface area contributed by atoms with Crippen LogP contribution in [0.2, 0.25) is 0 Å². The number of benzene rings is 1. The first-order valence-electron chi connectivity index (χ1n) is 8.34. The Hall–Kier alpha value is -1.35. The van der Waals surface area contributed by atoms with Crippen LogP contribution in [0.3, 0.4) is 0 Å². The van der Waals surface area contributed by atoms with Gasteiger partial charge in [-0.1, -0.05) is 27.7 Å². The number of methoxy groups -OCH3 is 1. The molecule has 2 atom stereocenters. The molecule has 1 aromatic carbocycles. The summed E-state index contributed by atoms with van der Waals surface area (Å²) in [4.78, 5) is 15.1. The molecule has 0 N–H and O–H groups in total. The zero-order valence-electron chi connectivity index (χ0n) is 14.6. The van der Waals surface area contributed by atoms with E-state index in [9.17, 15) is 4.79 Å². The minimum absolute atomic E-state index is 0.229. The highest BCUT2D eigenvalue weighted by Gasteiger charge is 2.24. The van der Waals surface area contributed by atoms with E-state index in [-0.39, 0.29) is 5.78 Å². The van der Waals surface area contributed by atoms with Crippen LogP contribution < -0.4 is 4.74 Å². The molecule has 0 spiro atoms. The number of carbonyl (C=O) groups is 1. The van der Waals surface area contributed by atoms with Crippen molar-refractivity contribution in [1.82, 2.24) is 4.90 Å². The number of likely N-dealkylation sites (tertiary alicyclic amines) is 1. The van der Waals surface area contributed by atoms with Gasteiger partial charge in [0, 0.05) is 18.7 Å². The Morgan fingerprint density at radius 3 is 2.45 bits per heavy atom. The zero-order valence-corrected chi connectivity index (χ0v) is 14.6. The lowest BCUT2D eigenvalue weighted by atomic mass is 9.90. The Labute approximate surface area is 134 Å². The number of nitrogens with zero attached hydrogens (tertiary/aromatic N) is 1. The van der Waals surface area contributed by atoms with E-state index in [0.717, 1.165) is 30.0 Å². The molecule has 122 valence electrons. The van der Waals surface area contributed by atoms with Crippen LogP contribution in [0, 0.1) is 11.8 Å². The molecule has 1 saturated heterocycles. The summed E-state index contributed by atoms with van der Waals surface area (Å²) in [6.07, 6.45) is 1.27. The summed E-state index contributed by atoms with van der Waals surface area (Å²) in [5.41, 5.74) is 1.93. The van der Waals surface area contributed by atoms with Gasteiger partial charge in [0.05, 0.1) is 13.7 Å². The number of hydrogen-bond acceptors (Lipinski definition) is 3. The van der Waals surface area contributed by atoms with E-state index in [4.69, 9.17) is 4.74 Å². The summed E-state index contributed by atoms with van der Waals surface area (Å²) in [5.74, 6) is 2.72. The summed E-state index contributed by atoms with van der Waals surface area (Å²) < 4.78 is 5.30. The molecule has 0 amide bonds. The summed E-state index contributed by atoms with van der Waals surface area (Å²) >= 11 is 0. The maximum Gasteiger partial charge on any atom is 0.177 e. The molecular formula is C19H29NO2. The first-order valence-corrected chi connectivity index (χ1v) is 8.34. The molecule has 2 unspecified atom stereocenters. The molecule has 3 heteroatoms. The molecule has 1 aromatic rings. The van der Waals surface area contributed by atoms with Crippen LogP contribution in [0.25, 0.3) is 0 Å². The van der Waals surface area contributed by atoms with E-state index >= 15 is 0 Å². The summed E-state index contributed by atoms with van der Waals surface area (Å²) in [6, 6.07) is 5.81. The third-order valence-corrected chi connectivity index (χ3v) is 4.49. The van der Waals surface area contributed by atoms with E-state index in [1.165, 1.54) is 6.42 Å². The summed E-state index contributed by atoms with van der Waals surface area (Å²) in [7, 11) is 1.66. The van der Waals surface area contributed by atoms with E-state index in [1.807, 2.05) is 18.2 Å². The molecule has 0 saturated carbocycles. The number of piperidine rings is 1. The zero-order chi connectivity index (χ0) is 16.3. The lowest BCUT2D eigenvalue weighted by Gasteiger charge is -2.34. The molecule has 22 heavy (non-hydrogen) atoms. The van der Waals surface area contributed by atoms with Gasteiger partial charge in [-0.05, 0) is 47.9 Å². The first-order chi connectivity index (χ1) is 10.4. The summed E-state index contributed by atoms with van der Waals surface area (Å²) in [5, 5.41) is 0. The lowest BCUT2D eigenvalue weighted by molar-refractivity contribution is 0.0848. The van der Waals surface area contributed by atoms with E-state index in [2.05, 4.69) is 32.6 Å². The average Bonchev–Trinajstić information content (AvgIpc) is 2.45. The van der Waals surface area contributed by atoms with Crippen LogP contribution in [0.5, 0.6) is 5.75 Å². The monoisotopic (exact) mass is 303 g/mol. The molecule has 0 aromatic heterocycles. The highest BCUT2D eigenvalue weighted by molar-refractivity contribution is 5.99. The second kappa shape index (κ2) is 7.28. The van der Waals surface area contributed by atoms with Crippen LogP contribution in [-0.2, 0) is 0 Å². The molecule has 2 rings (SSSR count). The van der Waals surface area contributed by atoms with Crippen molar-refractivity contribution in [2.75, 3.05) is 26.7 Å². The number of hydrogen-bond donors (Lipinski definition) is 0. The molecule has 3 nitrogen and oxygen atoms in total. The van der Waals surface area contributed by atoms with Crippen molar-refractivity contribution in [2.45, 2.75) is 40.0 Å². The minimum atomic E-state index is 0.229. The third-order valence-electron chi connectivity index (χ3n) is 4.49. The van der Waals surface area contributed by atoms with Crippen LogP contribution in [0.15, 0.2) is 18.2 Å². The number of ketones is 1. The maximum atomic E-state index is 12.8. The molecule has 0 aliphatic carbocycles. The predicted octanol–water partition coefficient (Wildman–Crippen LogP) is 3.98. The van der Waals surface area contributed by atoms with E-state index in [1.54, 1.807) is 7.11 Å². The normalized spacial score (nSPS) is 22.8. The molecule has 1 fully saturated rings. The Morgan fingerprint density at radius 2 is 1.91 bits per heavy atom. The fourth-order valence-corrected chi connectivity index (χ4v) is 3.61. The van der Waals surface area contributed by atoms with Crippen molar-refractivity contribution in [3.05, 3.63) is 29.3 Å². The van der Waals surface area contributed by atoms with Gasteiger partial charge in [0.1, 0.15) is 5.75 Å². The van der Waals surface area contributed by atoms with Gasteiger partial charge in [-0.15, -0.1) is 0 Å². The molecule has 1 aliphatic rings. The van der Waals surface area contributed by atoms with Gasteiger partial charge in [0.15, 0.2) is 5.78 Å². The highest BCUT2D eigenvalue weighted by atomic mass is 16.5. The van der Waals surface area contributed by atoms with Crippen molar-refractivity contribution in [3.8, 4) is 5.75 Å². The van der Waals surface area contributed by atoms with Crippen molar-refractivity contribution < 1.29 is 9.53 Å². The van der Waals surface area contributed by atoms with Gasteiger partial charge < -0.3 is 4.74 Å². The third kappa shape index (κ3) is 4.10. The van der Waals surface area contributed by atoms with E-state index in [0.29, 0.717) is 24.3 Å². The smallest absolute Gasteiger partial charge is 0.177 e.